The van der Waals surface area contributed by atoms with Crippen molar-refractivity contribution in [1.82, 2.24) is 10.3 Å². The molecule has 0 aliphatic heterocycles. The molecule has 21 heavy (non-hydrogen) atoms. The molecule has 0 saturated heterocycles. The van der Waals surface area contributed by atoms with E-state index in [1.807, 2.05) is 23.6 Å². The van der Waals surface area contributed by atoms with Crippen LogP contribution in [-0.2, 0) is 6.42 Å². The van der Waals surface area contributed by atoms with Crippen LogP contribution in [0.15, 0.2) is 54.0 Å². The van der Waals surface area contributed by atoms with Gasteiger partial charge in [0.2, 0.25) is 0 Å². The standard InChI is InChI=1S/C18H20N2S/c1-2-19-17(10-9-15-7-3-4-12-20-15)16-8-5-6-14-11-13-21-18(14)16/h3-8,11-13,17,19H,2,9-10H2,1H3. The molecule has 1 aromatic carbocycles. The van der Waals surface area contributed by atoms with E-state index in [0.29, 0.717) is 6.04 Å². The number of benzene rings is 1. The molecular formula is C18H20N2S. The van der Waals surface area contributed by atoms with E-state index in [1.54, 1.807) is 0 Å². The van der Waals surface area contributed by atoms with Crippen LogP contribution in [0.25, 0.3) is 10.1 Å². The fourth-order valence-electron chi connectivity index (χ4n) is 2.74. The molecular weight excluding hydrogens is 276 g/mol. The van der Waals surface area contributed by atoms with Gasteiger partial charge < -0.3 is 5.32 Å². The van der Waals surface area contributed by atoms with E-state index in [0.717, 1.165) is 19.4 Å². The molecule has 1 N–H and O–H groups in total. The van der Waals surface area contributed by atoms with Crippen molar-refractivity contribution >= 4 is 21.4 Å². The molecule has 2 aromatic heterocycles. The summed E-state index contributed by atoms with van der Waals surface area (Å²) in [4.78, 5) is 4.43. The van der Waals surface area contributed by atoms with Gasteiger partial charge in [-0.1, -0.05) is 31.2 Å². The van der Waals surface area contributed by atoms with Gasteiger partial charge in [-0.15, -0.1) is 11.3 Å². The van der Waals surface area contributed by atoms with E-state index < -0.39 is 0 Å². The van der Waals surface area contributed by atoms with Crippen LogP contribution >= 0.6 is 11.3 Å². The van der Waals surface area contributed by atoms with Crippen LogP contribution < -0.4 is 5.32 Å². The first-order valence-electron chi connectivity index (χ1n) is 7.48. The molecule has 0 aliphatic rings. The van der Waals surface area contributed by atoms with E-state index in [2.05, 4.69) is 59.0 Å². The maximum absolute atomic E-state index is 4.43. The third kappa shape index (κ3) is 3.31. The van der Waals surface area contributed by atoms with Crippen molar-refractivity contribution in [3.8, 4) is 0 Å². The van der Waals surface area contributed by atoms with Gasteiger partial charge in [0.15, 0.2) is 0 Å². The Kier molecular flexibility index (Phi) is 4.63. The average molecular weight is 296 g/mol. The number of hydrogen-bond donors (Lipinski definition) is 1. The molecule has 0 fully saturated rings. The summed E-state index contributed by atoms with van der Waals surface area (Å²) in [6, 6.07) is 15.3. The number of nitrogens with zero attached hydrogens (tertiary/aromatic N) is 1. The Morgan fingerprint density at radius 2 is 2.10 bits per heavy atom. The van der Waals surface area contributed by atoms with Gasteiger partial charge in [0.1, 0.15) is 0 Å². The Hall–Kier alpha value is -1.71. The lowest BCUT2D eigenvalue weighted by atomic mass is 9.99. The molecule has 0 aliphatic carbocycles. The van der Waals surface area contributed by atoms with E-state index in [9.17, 15) is 0 Å². The molecule has 2 nitrogen and oxygen atoms in total. The van der Waals surface area contributed by atoms with Gasteiger partial charge in [-0.05, 0) is 53.9 Å². The van der Waals surface area contributed by atoms with Crippen molar-refractivity contribution in [3.05, 3.63) is 65.3 Å². The molecule has 0 amide bonds. The van der Waals surface area contributed by atoms with E-state index in [-0.39, 0.29) is 0 Å². The molecule has 108 valence electrons. The first kappa shape index (κ1) is 14.2. The van der Waals surface area contributed by atoms with Crippen molar-refractivity contribution in [3.63, 3.8) is 0 Å². The minimum atomic E-state index is 0.388. The van der Waals surface area contributed by atoms with Crippen LogP contribution in [0.5, 0.6) is 0 Å². The van der Waals surface area contributed by atoms with Gasteiger partial charge in [-0.25, -0.2) is 0 Å². The second kappa shape index (κ2) is 6.83. The first-order chi connectivity index (χ1) is 10.4. The van der Waals surface area contributed by atoms with Crippen LogP contribution in [-0.4, -0.2) is 11.5 Å². The number of thiophene rings is 1. The van der Waals surface area contributed by atoms with E-state index >= 15 is 0 Å². The summed E-state index contributed by atoms with van der Waals surface area (Å²) < 4.78 is 1.41. The Balaban J connectivity index is 1.82. The highest BCUT2D eigenvalue weighted by molar-refractivity contribution is 7.17. The zero-order valence-corrected chi connectivity index (χ0v) is 13.1. The number of pyridine rings is 1. The van der Waals surface area contributed by atoms with Crippen molar-refractivity contribution in [2.24, 2.45) is 0 Å². The Morgan fingerprint density at radius 1 is 1.14 bits per heavy atom. The van der Waals surface area contributed by atoms with Crippen LogP contribution in [0.4, 0.5) is 0 Å². The summed E-state index contributed by atoms with van der Waals surface area (Å²) in [5, 5.41) is 7.15. The van der Waals surface area contributed by atoms with Crippen LogP contribution in [0, 0.1) is 0 Å². The summed E-state index contributed by atoms with van der Waals surface area (Å²) in [7, 11) is 0. The highest BCUT2D eigenvalue weighted by Crippen LogP contribution is 2.31. The number of hydrogen-bond acceptors (Lipinski definition) is 3. The highest BCUT2D eigenvalue weighted by atomic mass is 32.1. The van der Waals surface area contributed by atoms with Gasteiger partial charge in [0, 0.05) is 22.6 Å². The Labute approximate surface area is 129 Å². The maximum Gasteiger partial charge on any atom is 0.0404 e. The van der Waals surface area contributed by atoms with Crippen molar-refractivity contribution in [2.45, 2.75) is 25.8 Å². The minimum Gasteiger partial charge on any atom is -0.310 e. The fraction of sp³-hybridized carbons (Fsp3) is 0.278. The molecule has 3 rings (SSSR count). The maximum atomic E-state index is 4.43. The zero-order chi connectivity index (χ0) is 14.5. The SMILES string of the molecule is CCNC(CCc1ccccn1)c1cccc2ccsc12. The predicted molar refractivity (Wildman–Crippen MR) is 90.8 cm³/mol. The summed E-state index contributed by atoms with van der Waals surface area (Å²) in [6.07, 6.45) is 3.94. The first-order valence-corrected chi connectivity index (χ1v) is 8.36. The molecule has 1 unspecified atom stereocenters. The third-order valence-electron chi connectivity index (χ3n) is 3.75. The molecule has 3 heteroatoms. The summed E-state index contributed by atoms with van der Waals surface area (Å²) in [5.41, 5.74) is 2.58. The molecule has 0 saturated carbocycles. The molecule has 0 bridgehead atoms. The molecule has 0 radical (unpaired) electrons. The lowest BCUT2D eigenvalue weighted by Crippen LogP contribution is -2.21. The normalized spacial score (nSPS) is 12.6. The molecule has 0 spiro atoms. The number of rotatable bonds is 6. The second-order valence-electron chi connectivity index (χ2n) is 5.16. The van der Waals surface area contributed by atoms with Gasteiger partial charge in [0.25, 0.3) is 0 Å². The van der Waals surface area contributed by atoms with E-state index in [4.69, 9.17) is 0 Å². The van der Waals surface area contributed by atoms with Crippen molar-refractivity contribution in [1.29, 1.82) is 0 Å². The number of aromatic nitrogens is 1. The quantitative estimate of drug-likeness (QED) is 0.720. The third-order valence-corrected chi connectivity index (χ3v) is 4.73. The predicted octanol–water partition coefficient (Wildman–Crippen LogP) is 4.58. The average Bonchev–Trinajstić information content (AvgIpc) is 3.01. The molecule has 2 heterocycles. The summed E-state index contributed by atoms with van der Waals surface area (Å²) >= 11 is 1.83. The largest absolute Gasteiger partial charge is 0.310 e. The van der Waals surface area contributed by atoms with Gasteiger partial charge in [-0.3, -0.25) is 4.98 Å². The Morgan fingerprint density at radius 3 is 2.90 bits per heavy atom. The monoisotopic (exact) mass is 296 g/mol. The van der Waals surface area contributed by atoms with Crippen molar-refractivity contribution < 1.29 is 0 Å². The lowest BCUT2D eigenvalue weighted by molar-refractivity contribution is 0.516. The second-order valence-corrected chi connectivity index (χ2v) is 6.07. The zero-order valence-electron chi connectivity index (χ0n) is 12.3. The minimum absolute atomic E-state index is 0.388. The highest BCUT2D eigenvalue weighted by Gasteiger charge is 2.14. The van der Waals surface area contributed by atoms with Crippen molar-refractivity contribution in [2.75, 3.05) is 6.54 Å². The van der Waals surface area contributed by atoms with Gasteiger partial charge in [-0.2, -0.15) is 0 Å². The van der Waals surface area contributed by atoms with Gasteiger partial charge in [0.05, 0.1) is 0 Å². The topological polar surface area (TPSA) is 24.9 Å². The smallest absolute Gasteiger partial charge is 0.0404 e. The van der Waals surface area contributed by atoms with Gasteiger partial charge >= 0.3 is 0 Å². The lowest BCUT2D eigenvalue weighted by Gasteiger charge is -2.19. The van der Waals surface area contributed by atoms with E-state index in [1.165, 1.54) is 21.3 Å². The van der Waals surface area contributed by atoms with Crippen LogP contribution in [0.3, 0.4) is 0 Å². The summed E-state index contributed by atoms with van der Waals surface area (Å²) in [5.74, 6) is 0. The van der Waals surface area contributed by atoms with Crippen LogP contribution in [0.1, 0.15) is 30.6 Å². The molecule has 3 aromatic rings. The van der Waals surface area contributed by atoms with Crippen LogP contribution in [0.2, 0.25) is 0 Å². The number of nitrogens with one attached hydrogen (secondary N) is 1. The Bertz CT molecular complexity index is 691. The number of fused-ring (bicyclic) bond motifs is 1. The number of aryl methyl sites for hydroxylation is 1. The molecule has 1 atom stereocenters. The fourth-order valence-corrected chi connectivity index (χ4v) is 3.71. The summed E-state index contributed by atoms with van der Waals surface area (Å²) in [6.45, 7) is 3.15.